The summed E-state index contributed by atoms with van der Waals surface area (Å²) in [6.45, 7) is 4.22. The van der Waals surface area contributed by atoms with E-state index in [-0.39, 0.29) is 6.61 Å². The molecule has 2 aliphatic heterocycles. The molecule has 0 spiro atoms. The van der Waals surface area contributed by atoms with Crippen molar-refractivity contribution >= 4 is 0 Å². The Balaban J connectivity index is 1.50. The van der Waals surface area contributed by atoms with Crippen LogP contribution in [0.2, 0.25) is 0 Å². The van der Waals surface area contributed by atoms with Crippen LogP contribution in [0.5, 0.6) is 0 Å². The molecule has 0 bridgehead atoms. The Kier molecular flexibility index (Phi) is 4.65. The zero-order valence-electron chi connectivity index (χ0n) is 11.9. The van der Waals surface area contributed by atoms with Gasteiger partial charge in [0.25, 0.3) is 0 Å². The first kappa shape index (κ1) is 14.0. The molecule has 112 valence electrons. The molecule has 0 aliphatic carbocycles. The third kappa shape index (κ3) is 3.37. The van der Waals surface area contributed by atoms with E-state index < -0.39 is 0 Å². The maximum absolute atomic E-state index is 9.07. The Morgan fingerprint density at radius 2 is 2.30 bits per heavy atom. The van der Waals surface area contributed by atoms with E-state index in [9.17, 15) is 0 Å². The summed E-state index contributed by atoms with van der Waals surface area (Å²) < 4.78 is 7.61. The van der Waals surface area contributed by atoms with E-state index in [1.807, 2.05) is 10.9 Å². The van der Waals surface area contributed by atoms with Crippen LogP contribution in [0.4, 0.5) is 0 Å². The third-order valence-corrected chi connectivity index (χ3v) is 4.37. The topological polar surface area (TPSA) is 63.4 Å². The molecular weight excluding hydrogens is 256 g/mol. The molecule has 0 radical (unpaired) electrons. The first-order chi connectivity index (χ1) is 9.85. The molecule has 2 saturated heterocycles. The summed E-state index contributed by atoms with van der Waals surface area (Å²) in [4.78, 5) is 2.51. The van der Waals surface area contributed by atoms with E-state index >= 15 is 0 Å². The lowest BCUT2D eigenvalue weighted by Gasteiger charge is -2.33. The number of aliphatic hydroxyl groups excluding tert-OH is 1. The summed E-state index contributed by atoms with van der Waals surface area (Å²) in [5.74, 6) is 0. The number of rotatable bonds is 5. The highest BCUT2D eigenvalue weighted by Crippen LogP contribution is 2.22. The van der Waals surface area contributed by atoms with Crippen LogP contribution in [0.25, 0.3) is 0 Å². The summed E-state index contributed by atoms with van der Waals surface area (Å²) in [6, 6.07) is 0.390. The quantitative estimate of drug-likeness (QED) is 0.871. The number of piperidine rings is 1. The van der Waals surface area contributed by atoms with Crippen LogP contribution in [0, 0.1) is 0 Å². The SMILES string of the molecule is OCc1cn(C2CCCN(CCC3CCCO3)C2)nn1. The number of hydrogen-bond donors (Lipinski definition) is 1. The van der Waals surface area contributed by atoms with Crippen LogP contribution >= 0.6 is 0 Å². The number of hydrogen-bond acceptors (Lipinski definition) is 5. The third-order valence-electron chi connectivity index (χ3n) is 4.37. The Morgan fingerprint density at radius 3 is 3.05 bits per heavy atom. The monoisotopic (exact) mass is 280 g/mol. The average molecular weight is 280 g/mol. The van der Waals surface area contributed by atoms with Crippen LogP contribution in [-0.2, 0) is 11.3 Å². The Hall–Kier alpha value is -0.980. The second kappa shape index (κ2) is 6.65. The van der Waals surface area contributed by atoms with Crippen molar-refractivity contribution in [2.75, 3.05) is 26.2 Å². The van der Waals surface area contributed by atoms with Crippen molar-refractivity contribution < 1.29 is 9.84 Å². The molecule has 6 heteroatoms. The van der Waals surface area contributed by atoms with Gasteiger partial charge in [-0.05, 0) is 38.6 Å². The summed E-state index contributed by atoms with van der Waals surface area (Å²) >= 11 is 0. The predicted molar refractivity (Wildman–Crippen MR) is 74.2 cm³/mol. The van der Waals surface area contributed by atoms with Gasteiger partial charge in [-0.15, -0.1) is 5.10 Å². The Morgan fingerprint density at radius 1 is 1.35 bits per heavy atom. The van der Waals surface area contributed by atoms with Crippen molar-refractivity contribution in [3.05, 3.63) is 11.9 Å². The fourth-order valence-electron chi connectivity index (χ4n) is 3.21. The van der Waals surface area contributed by atoms with Gasteiger partial charge >= 0.3 is 0 Å². The van der Waals surface area contributed by atoms with Crippen LogP contribution in [0.1, 0.15) is 43.8 Å². The molecule has 1 aromatic heterocycles. The summed E-state index contributed by atoms with van der Waals surface area (Å²) in [7, 11) is 0. The number of aliphatic hydroxyl groups is 1. The lowest BCUT2D eigenvalue weighted by molar-refractivity contribution is 0.0828. The van der Waals surface area contributed by atoms with Gasteiger partial charge in [0.2, 0.25) is 0 Å². The highest BCUT2D eigenvalue weighted by atomic mass is 16.5. The minimum atomic E-state index is -0.0323. The predicted octanol–water partition coefficient (Wildman–Crippen LogP) is 0.976. The van der Waals surface area contributed by atoms with Gasteiger partial charge in [-0.3, -0.25) is 0 Å². The van der Waals surface area contributed by atoms with Gasteiger partial charge in [0.1, 0.15) is 5.69 Å². The highest BCUT2D eigenvalue weighted by Gasteiger charge is 2.23. The highest BCUT2D eigenvalue weighted by molar-refractivity contribution is 4.92. The van der Waals surface area contributed by atoms with Gasteiger partial charge in [0.15, 0.2) is 0 Å². The number of ether oxygens (including phenoxy) is 1. The van der Waals surface area contributed by atoms with Gasteiger partial charge in [-0.1, -0.05) is 5.21 Å². The van der Waals surface area contributed by atoms with E-state index in [0.29, 0.717) is 17.8 Å². The zero-order valence-corrected chi connectivity index (χ0v) is 11.9. The van der Waals surface area contributed by atoms with Crippen molar-refractivity contribution in [2.24, 2.45) is 0 Å². The summed E-state index contributed by atoms with van der Waals surface area (Å²) in [6.07, 6.45) is 8.27. The van der Waals surface area contributed by atoms with Crippen molar-refractivity contribution in [3.63, 3.8) is 0 Å². The van der Waals surface area contributed by atoms with Gasteiger partial charge in [-0.25, -0.2) is 4.68 Å². The molecule has 2 atom stereocenters. The molecule has 0 saturated carbocycles. The standard InChI is InChI=1S/C14H24N4O2/c19-11-12-9-18(16-15-12)13-3-1-6-17(10-13)7-5-14-4-2-8-20-14/h9,13-14,19H,1-8,10-11H2. The van der Waals surface area contributed by atoms with Gasteiger partial charge in [0, 0.05) is 19.7 Å². The minimum Gasteiger partial charge on any atom is -0.390 e. The summed E-state index contributed by atoms with van der Waals surface area (Å²) in [5, 5.41) is 17.2. The molecule has 6 nitrogen and oxygen atoms in total. The molecule has 0 aromatic carbocycles. The van der Waals surface area contributed by atoms with Crippen molar-refractivity contribution in [2.45, 2.75) is 50.9 Å². The second-order valence-electron chi connectivity index (χ2n) is 5.87. The van der Waals surface area contributed by atoms with E-state index in [1.54, 1.807) is 0 Å². The minimum absolute atomic E-state index is 0.0323. The Bertz CT molecular complexity index is 417. The smallest absolute Gasteiger partial charge is 0.108 e. The molecule has 3 heterocycles. The van der Waals surface area contributed by atoms with Crippen LogP contribution in [0.15, 0.2) is 6.20 Å². The fraction of sp³-hybridized carbons (Fsp3) is 0.857. The van der Waals surface area contributed by atoms with Crippen LogP contribution in [-0.4, -0.2) is 57.3 Å². The molecule has 3 rings (SSSR count). The molecule has 2 unspecified atom stereocenters. The average Bonchev–Trinajstić information content (AvgIpc) is 3.16. The molecule has 2 fully saturated rings. The number of nitrogens with zero attached hydrogens (tertiary/aromatic N) is 4. The van der Waals surface area contributed by atoms with Gasteiger partial charge in [-0.2, -0.15) is 0 Å². The maximum Gasteiger partial charge on any atom is 0.108 e. The second-order valence-corrected chi connectivity index (χ2v) is 5.87. The van der Waals surface area contributed by atoms with Crippen molar-refractivity contribution in [1.82, 2.24) is 19.9 Å². The van der Waals surface area contributed by atoms with E-state index in [0.717, 1.165) is 32.5 Å². The van der Waals surface area contributed by atoms with E-state index in [2.05, 4.69) is 15.2 Å². The normalized spacial score (nSPS) is 28.1. The molecule has 0 amide bonds. The van der Waals surface area contributed by atoms with Crippen LogP contribution < -0.4 is 0 Å². The van der Waals surface area contributed by atoms with Gasteiger partial charge in [0.05, 0.1) is 24.9 Å². The number of aromatic nitrogens is 3. The Labute approximate surface area is 119 Å². The van der Waals surface area contributed by atoms with Crippen molar-refractivity contribution in [1.29, 1.82) is 0 Å². The van der Waals surface area contributed by atoms with E-state index in [1.165, 1.54) is 25.8 Å². The molecule has 20 heavy (non-hydrogen) atoms. The van der Waals surface area contributed by atoms with E-state index in [4.69, 9.17) is 9.84 Å². The molecule has 1 aromatic rings. The fourth-order valence-corrected chi connectivity index (χ4v) is 3.21. The van der Waals surface area contributed by atoms with Gasteiger partial charge < -0.3 is 14.7 Å². The number of likely N-dealkylation sites (tertiary alicyclic amines) is 1. The molecule has 2 aliphatic rings. The molecule has 1 N–H and O–H groups in total. The lowest BCUT2D eigenvalue weighted by atomic mass is 10.0. The largest absolute Gasteiger partial charge is 0.390 e. The zero-order chi connectivity index (χ0) is 13.8. The van der Waals surface area contributed by atoms with Crippen molar-refractivity contribution in [3.8, 4) is 0 Å². The first-order valence-corrected chi connectivity index (χ1v) is 7.70. The lowest BCUT2D eigenvalue weighted by Crippen LogP contribution is -2.38. The molecular formula is C14H24N4O2. The van der Waals surface area contributed by atoms with Crippen LogP contribution in [0.3, 0.4) is 0 Å². The first-order valence-electron chi connectivity index (χ1n) is 7.70. The maximum atomic E-state index is 9.07. The summed E-state index contributed by atoms with van der Waals surface area (Å²) in [5.41, 5.74) is 0.654.